The molecule has 0 aliphatic rings. The largest absolute Gasteiger partial charge is 0.493 e. The molecule has 9 heteroatoms. The van der Waals surface area contributed by atoms with E-state index in [4.69, 9.17) is 33.2 Å². The molecule has 2 atom stereocenters. The third-order valence-corrected chi connectivity index (χ3v) is 13.1. The minimum atomic E-state index is -0.660. The second kappa shape index (κ2) is 43.1. The molecule has 9 nitrogen and oxygen atoms in total. The maximum atomic E-state index is 12.7. The molecule has 0 bridgehead atoms. The Labute approximate surface area is 427 Å². The topological polar surface area (TPSA) is 98.8 Å². The third kappa shape index (κ3) is 31.0. The summed E-state index contributed by atoms with van der Waals surface area (Å²) >= 11 is 0. The fourth-order valence-electron chi connectivity index (χ4n) is 8.74. The Morgan fingerprint density at radius 1 is 0.443 bits per heavy atom. The normalized spacial score (nSPS) is 12.2. The number of esters is 2. The molecule has 0 amide bonds. The van der Waals surface area contributed by atoms with Crippen LogP contribution in [0.3, 0.4) is 0 Å². The first-order valence-electron chi connectivity index (χ1n) is 28.4. The maximum Gasteiger partial charge on any atom is 0.333 e. The van der Waals surface area contributed by atoms with Crippen LogP contribution in [0.1, 0.15) is 233 Å². The summed E-state index contributed by atoms with van der Waals surface area (Å²) in [5, 5.41) is 1.54. The molecule has 2 rings (SSSR count). The molecule has 400 valence electrons. The van der Waals surface area contributed by atoms with Crippen LogP contribution >= 0.6 is 0 Å². The van der Waals surface area contributed by atoms with Crippen molar-refractivity contribution >= 4 is 22.7 Å². The number of methoxy groups -OCH3 is 1. The van der Waals surface area contributed by atoms with Crippen LogP contribution in [0.15, 0.2) is 54.6 Å². The van der Waals surface area contributed by atoms with E-state index < -0.39 is 24.1 Å². The molecule has 2 unspecified atom stereocenters. The van der Waals surface area contributed by atoms with Crippen LogP contribution < -0.4 is 14.2 Å². The summed E-state index contributed by atoms with van der Waals surface area (Å²) in [5.41, 5.74) is 0.625. The lowest BCUT2D eigenvalue weighted by Gasteiger charge is -2.22. The first kappa shape index (κ1) is 62.6. The molecule has 0 N–H and O–H groups in total. The Bertz CT molecular complexity index is 1640. The standard InChI is InChI=1S/C61H102O9/c1-8-10-12-14-16-18-20-22-24-26-28-30-32-34-36-40-44-65-47-53(69-60(62)51(3)4)49-67-57-46-58(64-7)59(56-43-39-38-42-55(56)57)68-50-54(70-61(63)52(5)6)48-66-45-41-37-35-33-31-29-27-25-23-21-19-17-15-13-11-9-2/h38-39,42-43,46,53-54H,3,5,8-37,40-41,44-45,47-50H2,1-2,4,6-7H3. The van der Waals surface area contributed by atoms with Gasteiger partial charge in [-0.1, -0.05) is 244 Å². The Kier molecular flexibility index (Phi) is 38.5. The van der Waals surface area contributed by atoms with Crippen molar-refractivity contribution in [1.29, 1.82) is 0 Å². The van der Waals surface area contributed by atoms with Gasteiger partial charge in [0, 0.05) is 41.2 Å². The van der Waals surface area contributed by atoms with Gasteiger partial charge in [-0.3, -0.25) is 0 Å². The van der Waals surface area contributed by atoms with Crippen LogP contribution in [-0.2, 0) is 28.5 Å². The average Bonchev–Trinajstić information content (AvgIpc) is 3.36. The molecule has 70 heavy (non-hydrogen) atoms. The molecule has 0 saturated carbocycles. The van der Waals surface area contributed by atoms with E-state index >= 15 is 0 Å². The summed E-state index contributed by atoms with van der Waals surface area (Å²) in [7, 11) is 1.57. The van der Waals surface area contributed by atoms with Gasteiger partial charge in [0.15, 0.2) is 23.7 Å². The molecule has 0 aliphatic carbocycles. The lowest BCUT2D eigenvalue weighted by molar-refractivity contribution is -0.150. The van der Waals surface area contributed by atoms with E-state index in [0.29, 0.717) is 41.6 Å². The number of fused-ring (bicyclic) bond motifs is 1. The molecule has 2 aromatic rings. The SMILES string of the molecule is C=C(C)C(=O)OC(COCCCCCCCCCCCCCCCCCC)COc1cc(OC)c(OCC(COCCCCCCCCCCCCCCCCCC)OC(=O)C(=C)C)c2ccccc12. The van der Waals surface area contributed by atoms with Crippen molar-refractivity contribution in [2.75, 3.05) is 46.8 Å². The van der Waals surface area contributed by atoms with E-state index in [1.807, 2.05) is 24.3 Å². The highest BCUT2D eigenvalue weighted by Gasteiger charge is 2.22. The summed E-state index contributed by atoms with van der Waals surface area (Å²) in [5.74, 6) is 0.508. The molecular weight excluding hydrogens is 877 g/mol. The number of benzene rings is 2. The van der Waals surface area contributed by atoms with Crippen molar-refractivity contribution < 1.29 is 42.7 Å². The van der Waals surface area contributed by atoms with Crippen LogP contribution in [0.5, 0.6) is 17.2 Å². The van der Waals surface area contributed by atoms with Gasteiger partial charge >= 0.3 is 11.9 Å². The van der Waals surface area contributed by atoms with Crippen molar-refractivity contribution in [2.24, 2.45) is 0 Å². The lowest BCUT2D eigenvalue weighted by atomic mass is 10.0. The summed E-state index contributed by atoms with van der Waals surface area (Å²) in [6.07, 6.45) is 40.8. The van der Waals surface area contributed by atoms with E-state index in [2.05, 4.69) is 27.0 Å². The minimum Gasteiger partial charge on any atom is -0.493 e. The van der Waals surface area contributed by atoms with Gasteiger partial charge in [-0.25, -0.2) is 9.59 Å². The Hall–Kier alpha value is -3.56. The van der Waals surface area contributed by atoms with Gasteiger partial charge < -0.3 is 33.2 Å². The van der Waals surface area contributed by atoms with Crippen molar-refractivity contribution in [3.8, 4) is 17.2 Å². The maximum absolute atomic E-state index is 12.7. The summed E-state index contributed by atoms with van der Waals surface area (Å²) < 4.78 is 42.2. The number of carbonyl (C=O) groups is 2. The van der Waals surface area contributed by atoms with Crippen molar-refractivity contribution in [2.45, 2.75) is 245 Å². The molecule has 0 saturated heterocycles. The number of carbonyl (C=O) groups excluding carboxylic acids is 2. The summed E-state index contributed by atoms with van der Waals surface area (Å²) in [6.45, 7) is 17.1. The first-order chi connectivity index (χ1) is 34.2. The van der Waals surface area contributed by atoms with Gasteiger partial charge in [0.2, 0.25) is 0 Å². The molecule has 0 radical (unpaired) electrons. The van der Waals surface area contributed by atoms with Gasteiger partial charge in [0.25, 0.3) is 0 Å². The molecular formula is C61H102O9. The monoisotopic (exact) mass is 979 g/mol. The van der Waals surface area contributed by atoms with Crippen LogP contribution in [0.25, 0.3) is 10.8 Å². The predicted octanol–water partition coefficient (Wildman–Crippen LogP) is 17.1. The zero-order valence-electron chi connectivity index (χ0n) is 45.5. The fourth-order valence-corrected chi connectivity index (χ4v) is 8.74. The number of unbranched alkanes of at least 4 members (excludes halogenated alkanes) is 30. The first-order valence-corrected chi connectivity index (χ1v) is 28.4. The number of ether oxygens (including phenoxy) is 7. The molecule has 0 aliphatic heterocycles. The van der Waals surface area contributed by atoms with Crippen LogP contribution in [0.4, 0.5) is 0 Å². The van der Waals surface area contributed by atoms with Gasteiger partial charge in [-0.15, -0.1) is 0 Å². The van der Waals surface area contributed by atoms with Crippen LogP contribution in [-0.4, -0.2) is 70.9 Å². The highest BCUT2D eigenvalue weighted by molar-refractivity contribution is 5.95. The zero-order chi connectivity index (χ0) is 50.7. The summed E-state index contributed by atoms with van der Waals surface area (Å²) in [4.78, 5) is 25.3. The fraction of sp³-hybridized carbons (Fsp3) is 0.738. The van der Waals surface area contributed by atoms with Crippen molar-refractivity contribution in [3.63, 3.8) is 0 Å². The quantitative estimate of drug-likeness (QED) is 0.0365. The lowest BCUT2D eigenvalue weighted by Crippen LogP contribution is -2.30. The van der Waals surface area contributed by atoms with Crippen LogP contribution in [0, 0.1) is 0 Å². The predicted molar refractivity (Wildman–Crippen MR) is 292 cm³/mol. The van der Waals surface area contributed by atoms with Gasteiger partial charge in [0.1, 0.15) is 19.0 Å². The summed E-state index contributed by atoms with van der Waals surface area (Å²) in [6, 6.07) is 9.49. The Balaban J connectivity index is 1.81. The Morgan fingerprint density at radius 2 is 0.771 bits per heavy atom. The van der Waals surface area contributed by atoms with Crippen molar-refractivity contribution in [1.82, 2.24) is 0 Å². The van der Waals surface area contributed by atoms with Gasteiger partial charge in [0.05, 0.1) is 20.3 Å². The van der Waals surface area contributed by atoms with Gasteiger partial charge in [-0.05, 0) is 26.7 Å². The second-order valence-corrected chi connectivity index (χ2v) is 19.9. The van der Waals surface area contributed by atoms with E-state index in [9.17, 15) is 9.59 Å². The van der Waals surface area contributed by atoms with Gasteiger partial charge in [-0.2, -0.15) is 0 Å². The molecule has 0 fully saturated rings. The Morgan fingerprint density at radius 3 is 1.11 bits per heavy atom. The number of hydrogen-bond acceptors (Lipinski definition) is 9. The highest BCUT2D eigenvalue weighted by Crippen LogP contribution is 2.42. The second-order valence-electron chi connectivity index (χ2n) is 19.9. The molecule has 0 aromatic heterocycles. The van der Waals surface area contributed by atoms with E-state index in [0.717, 1.165) is 36.5 Å². The number of hydrogen-bond donors (Lipinski definition) is 0. The van der Waals surface area contributed by atoms with E-state index in [-0.39, 0.29) is 26.4 Å². The molecule has 2 aromatic carbocycles. The van der Waals surface area contributed by atoms with Crippen molar-refractivity contribution in [3.05, 3.63) is 54.6 Å². The minimum absolute atomic E-state index is 0.0498. The average molecular weight is 979 g/mol. The van der Waals surface area contributed by atoms with Crippen LogP contribution in [0.2, 0.25) is 0 Å². The highest BCUT2D eigenvalue weighted by atomic mass is 16.6. The smallest absolute Gasteiger partial charge is 0.333 e. The van der Waals surface area contributed by atoms with E-state index in [1.54, 1.807) is 27.0 Å². The molecule has 0 spiro atoms. The molecule has 0 heterocycles. The van der Waals surface area contributed by atoms with E-state index in [1.165, 1.54) is 180 Å². The third-order valence-electron chi connectivity index (χ3n) is 13.1. The number of rotatable bonds is 49. The zero-order valence-corrected chi connectivity index (χ0v) is 45.5.